The summed E-state index contributed by atoms with van der Waals surface area (Å²) in [6.45, 7) is 4.30. The average molecular weight is 486 g/mol. The highest BCUT2D eigenvalue weighted by molar-refractivity contribution is 5.99. The van der Waals surface area contributed by atoms with Crippen LogP contribution in [-0.4, -0.2) is 31.1 Å². The van der Waals surface area contributed by atoms with Gasteiger partial charge in [-0.25, -0.2) is 4.39 Å². The summed E-state index contributed by atoms with van der Waals surface area (Å²) in [5, 5.41) is 0.0920. The van der Waals surface area contributed by atoms with Crippen molar-refractivity contribution in [2.24, 2.45) is 0 Å². The van der Waals surface area contributed by atoms with Crippen LogP contribution in [0, 0.1) is 5.82 Å². The quantitative estimate of drug-likeness (QED) is 0.317. The Labute approximate surface area is 207 Å². The van der Waals surface area contributed by atoms with Crippen molar-refractivity contribution in [1.82, 2.24) is 4.90 Å². The second-order valence-electron chi connectivity index (χ2n) is 8.46. The molecule has 182 valence electrons. The summed E-state index contributed by atoms with van der Waals surface area (Å²) in [6.07, 6.45) is 2.21. The molecule has 6 nitrogen and oxygen atoms in total. The van der Waals surface area contributed by atoms with E-state index < -0.39 is 17.3 Å². The molecule has 4 aromatic rings. The summed E-state index contributed by atoms with van der Waals surface area (Å²) in [4.78, 5) is 28.8. The topological polar surface area (TPSA) is 69.0 Å². The molecule has 0 bridgehead atoms. The van der Waals surface area contributed by atoms with Crippen molar-refractivity contribution < 1.29 is 23.1 Å². The number of ether oxygens (including phenoxy) is 2. The summed E-state index contributed by atoms with van der Waals surface area (Å²) in [5.74, 6) is -0.00564. The van der Waals surface area contributed by atoms with Crippen LogP contribution in [0.15, 0.2) is 88.6 Å². The van der Waals surface area contributed by atoms with E-state index in [-0.39, 0.29) is 28.2 Å². The van der Waals surface area contributed by atoms with Crippen LogP contribution in [-0.2, 0) is 6.42 Å². The number of methoxy groups -OCH3 is 1. The molecule has 1 aliphatic heterocycles. The van der Waals surface area contributed by atoms with Crippen molar-refractivity contribution in [2.45, 2.75) is 12.5 Å². The van der Waals surface area contributed by atoms with Gasteiger partial charge in [0.1, 0.15) is 18.0 Å². The summed E-state index contributed by atoms with van der Waals surface area (Å²) >= 11 is 0. The van der Waals surface area contributed by atoms with Gasteiger partial charge in [-0.05, 0) is 47.9 Å². The monoisotopic (exact) mass is 485 g/mol. The first kappa shape index (κ1) is 23.4. The van der Waals surface area contributed by atoms with Crippen LogP contribution < -0.4 is 14.9 Å². The van der Waals surface area contributed by atoms with Gasteiger partial charge in [0.2, 0.25) is 5.76 Å². The predicted molar refractivity (Wildman–Crippen MR) is 134 cm³/mol. The van der Waals surface area contributed by atoms with Crippen LogP contribution in [0.4, 0.5) is 4.39 Å². The molecular weight excluding hydrogens is 461 g/mol. The molecule has 1 aliphatic rings. The minimum absolute atomic E-state index is 0.0249. The van der Waals surface area contributed by atoms with Crippen LogP contribution in [0.3, 0.4) is 0 Å². The number of amides is 1. The smallest absolute Gasteiger partial charge is 0.290 e. The number of carbonyl (C=O) groups excluding carboxylic acids is 1. The Balaban J connectivity index is 1.65. The van der Waals surface area contributed by atoms with Gasteiger partial charge >= 0.3 is 0 Å². The second kappa shape index (κ2) is 9.70. The molecule has 0 unspecified atom stereocenters. The molecule has 0 N–H and O–H groups in total. The molecule has 1 amide bonds. The first-order valence-electron chi connectivity index (χ1n) is 11.5. The molecule has 0 aliphatic carbocycles. The summed E-state index contributed by atoms with van der Waals surface area (Å²) < 4.78 is 31.1. The number of fused-ring (bicyclic) bond motifs is 2. The third-order valence-electron chi connectivity index (χ3n) is 6.27. The number of carbonyl (C=O) groups is 1. The van der Waals surface area contributed by atoms with E-state index in [9.17, 15) is 14.0 Å². The van der Waals surface area contributed by atoms with Crippen molar-refractivity contribution in [2.75, 3.05) is 20.3 Å². The zero-order chi connectivity index (χ0) is 25.2. The highest BCUT2D eigenvalue weighted by atomic mass is 19.1. The van der Waals surface area contributed by atoms with Crippen LogP contribution in [0.5, 0.6) is 11.5 Å². The maximum atomic E-state index is 14.0. The molecule has 1 aromatic heterocycles. The molecular formula is C29H24FNO5. The van der Waals surface area contributed by atoms with Crippen molar-refractivity contribution >= 4 is 16.9 Å². The van der Waals surface area contributed by atoms with Gasteiger partial charge in [-0.3, -0.25) is 9.59 Å². The first-order chi connectivity index (χ1) is 17.5. The normalized spacial score (nSPS) is 14.7. The molecule has 0 radical (unpaired) electrons. The standard InChI is InChI=1S/C29H24FNO5/c1-3-15-35-23-11-9-19(16-24(23)34-2)26-25-27(32)21-17-20(30)10-12-22(21)36-28(25)29(33)31(26)14-13-18-7-5-4-6-8-18/h3-12,16-17,26H,1,13-15H2,2H3/t26-/m0/s1. The second-order valence-corrected chi connectivity index (χ2v) is 8.46. The van der Waals surface area contributed by atoms with E-state index in [1.807, 2.05) is 30.3 Å². The third kappa shape index (κ3) is 4.13. The summed E-state index contributed by atoms with van der Waals surface area (Å²) in [7, 11) is 1.52. The maximum absolute atomic E-state index is 14.0. The first-order valence-corrected chi connectivity index (χ1v) is 11.5. The molecule has 0 fully saturated rings. The van der Waals surface area contributed by atoms with Crippen molar-refractivity contribution in [3.8, 4) is 11.5 Å². The fraction of sp³-hybridized carbons (Fsp3) is 0.172. The van der Waals surface area contributed by atoms with Crippen molar-refractivity contribution in [3.63, 3.8) is 0 Å². The molecule has 0 saturated carbocycles. The Bertz CT molecular complexity index is 1510. The Kier molecular flexibility index (Phi) is 6.29. The molecule has 0 saturated heterocycles. The predicted octanol–water partition coefficient (Wildman–Crippen LogP) is 5.29. The fourth-order valence-corrected chi connectivity index (χ4v) is 4.59. The van der Waals surface area contributed by atoms with Crippen LogP contribution in [0.2, 0.25) is 0 Å². The molecule has 2 heterocycles. The van der Waals surface area contributed by atoms with E-state index in [1.54, 1.807) is 29.2 Å². The van der Waals surface area contributed by atoms with E-state index in [2.05, 4.69) is 6.58 Å². The number of rotatable bonds is 8. The van der Waals surface area contributed by atoms with Crippen molar-refractivity contribution in [3.05, 3.63) is 118 Å². The van der Waals surface area contributed by atoms with Crippen LogP contribution in [0.25, 0.3) is 11.0 Å². The van der Waals surface area contributed by atoms with Gasteiger partial charge in [-0.15, -0.1) is 0 Å². The summed E-state index contributed by atoms with van der Waals surface area (Å²) in [6, 6.07) is 18.0. The van der Waals surface area contributed by atoms with Gasteiger partial charge in [-0.2, -0.15) is 0 Å². The van der Waals surface area contributed by atoms with Crippen LogP contribution in [0.1, 0.15) is 33.3 Å². The van der Waals surface area contributed by atoms with Crippen LogP contribution >= 0.6 is 0 Å². The Morgan fingerprint density at radius 3 is 2.61 bits per heavy atom. The number of hydrogen-bond acceptors (Lipinski definition) is 5. The molecule has 3 aromatic carbocycles. The maximum Gasteiger partial charge on any atom is 0.290 e. The Morgan fingerprint density at radius 1 is 1.06 bits per heavy atom. The van der Waals surface area contributed by atoms with E-state index in [0.717, 1.165) is 11.6 Å². The van der Waals surface area contributed by atoms with E-state index in [0.29, 0.717) is 36.6 Å². The SMILES string of the molecule is C=CCOc1ccc([C@H]2c3c(oc4ccc(F)cc4c3=O)C(=O)N2CCc2ccccc2)cc1OC. The molecule has 7 heteroatoms. The minimum Gasteiger partial charge on any atom is -0.493 e. The largest absolute Gasteiger partial charge is 0.493 e. The summed E-state index contributed by atoms with van der Waals surface area (Å²) in [5.41, 5.74) is 1.63. The van der Waals surface area contributed by atoms with Crippen molar-refractivity contribution in [1.29, 1.82) is 0 Å². The lowest BCUT2D eigenvalue weighted by molar-refractivity contribution is 0.0730. The van der Waals surface area contributed by atoms with E-state index in [1.165, 1.54) is 19.2 Å². The Morgan fingerprint density at radius 2 is 1.86 bits per heavy atom. The van der Waals surface area contributed by atoms with E-state index >= 15 is 0 Å². The minimum atomic E-state index is -0.734. The molecule has 5 rings (SSSR count). The van der Waals surface area contributed by atoms with Gasteiger partial charge in [0.15, 0.2) is 16.9 Å². The number of nitrogens with zero attached hydrogens (tertiary/aromatic N) is 1. The lowest BCUT2D eigenvalue weighted by Gasteiger charge is -2.26. The van der Waals surface area contributed by atoms with E-state index in [4.69, 9.17) is 13.9 Å². The molecule has 0 spiro atoms. The lowest BCUT2D eigenvalue weighted by Crippen LogP contribution is -2.31. The van der Waals surface area contributed by atoms with Gasteiger partial charge in [0.05, 0.1) is 24.1 Å². The highest BCUT2D eigenvalue weighted by Crippen LogP contribution is 2.41. The van der Waals surface area contributed by atoms with Gasteiger partial charge < -0.3 is 18.8 Å². The lowest BCUT2D eigenvalue weighted by atomic mass is 9.97. The third-order valence-corrected chi connectivity index (χ3v) is 6.27. The highest BCUT2D eigenvalue weighted by Gasteiger charge is 2.42. The average Bonchev–Trinajstić information content (AvgIpc) is 3.18. The van der Waals surface area contributed by atoms with Gasteiger partial charge in [0.25, 0.3) is 5.91 Å². The van der Waals surface area contributed by atoms with Gasteiger partial charge in [0, 0.05) is 6.54 Å². The Hall–Kier alpha value is -4.39. The number of benzene rings is 3. The molecule has 1 atom stereocenters. The molecule has 36 heavy (non-hydrogen) atoms. The zero-order valence-electron chi connectivity index (χ0n) is 19.7. The number of hydrogen-bond donors (Lipinski definition) is 0. The number of halogens is 1. The fourth-order valence-electron chi connectivity index (χ4n) is 4.59. The van der Waals surface area contributed by atoms with Gasteiger partial charge in [-0.1, -0.05) is 49.1 Å². The zero-order valence-corrected chi connectivity index (χ0v) is 19.7.